The van der Waals surface area contributed by atoms with Crippen molar-refractivity contribution in [3.63, 3.8) is 0 Å². The van der Waals surface area contributed by atoms with Gasteiger partial charge in [-0.05, 0) is 57.0 Å². The van der Waals surface area contributed by atoms with Gasteiger partial charge in [0.05, 0.1) is 20.3 Å². The van der Waals surface area contributed by atoms with Crippen LogP contribution in [0.1, 0.15) is 25.3 Å². The fourth-order valence-corrected chi connectivity index (χ4v) is 3.01. The fraction of sp³-hybridized carbons (Fsp3) is 0.579. The highest BCUT2D eigenvalue weighted by atomic mass is 16.5. The Morgan fingerprint density at radius 1 is 1.20 bits per heavy atom. The molecule has 6 heteroatoms. The molecule has 0 bridgehead atoms. The van der Waals surface area contributed by atoms with Gasteiger partial charge < -0.3 is 14.8 Å². The number of ether oxygens (including phenoxy) is 2. The summed E-state index contributed by atoms with van der Waals surface area (Å²) in [4.78, 5) is 25.8. The van der Waals surface area contributed by atoms with E-state index < -0.39 is 0 Å². The Kier molecular flexibility index (Phi) is 7.73. The molecule has 0 radical (unpaired) electrons. The van der Waals surface area contributed by atoms with Gasteiger partial charge in [0.15, 0.2) is 0 Å². The number of esters is 1. The van der Waals surface area contributed by atoms with E-state index in [1.165, 1.54) is 5.56 Å². The second-order valence-corrected chi connectivity index (χ2v) is 6.24. The molecule has 1 amide bonds. The molecule has 1 N–H and O–H groups in total. The fourth-order valence-electron chi connectivity index (χ4n) is 3.01. The van der Waals surface area contributed by atoms with Crippen LogP contribution in [0.3, 0.4) is 0 Å². The van der Waals surface area contributed by atoms with Gasteiger partial charge in [-0.2, -0.15) is 0 Å². The first-order valence-electron chi connectivity index (χ1n) is 8.91. The summed E-state index contributed by atoms with van der Waals surface area (Å²) < 4.78 is 10.1. The van der Waals surface area contributed by atoms with Crippen molar-refractivity contribution >= 4 is 11.9 Å². The molecule has 0 saturated carbocycles. The second kappa shape index (κ2) is 10.0. The third-order valence-corrected chi connectivity index (χ3v) is 4.49. The molecule has 1 fully saturated rings. The highest BCUT2D eigenvalue weighted by molar-refractivity contribution is 5.78. The Bertz CT molecular complexity index is 551. The summed E-state index contributed by atoms with van der Waals surface area (Å²) in [5, 5.41) is 3.03. The smallest absolute Gasteiger partial charge is 0.320 e. The van der Waals surface area contributed by atoms with Crippen LogP contribution in [0, 0.1) is 5.92 Å². The lowest BCUT2D eigenvalue weighted by Crippen LogP contribution is -2.42. The standard InChI is InChI=1S/C19H28N2O4/c1-3-25-18(22)14-21-12-9-16(10-13-21)19(23)20-11-8-15-4-6-17(24-2)7-5-15/h4-7,16H,3,8-14H2,1-2H3,(H,20,23). The number of carbonyl (C=O) groups is 2. The number of hydrogen-bond donors (Lipinski definition) is 1. The lowest BCUT2D eigenvalue weighted by molar-refractivity contribution is -0.144. The number of carbonyl (C=O) groups excluding carboxylic acids is 2. The van der Waals surface area contributed by atoms with Crippen LogP contribution in [0.5, 0.6) is 5.75 Å². The summed E-state index contributed by atoms with van der Waals surface area (Å²) in [5.41, 5.74) is 1.17. The van der Waals surface area contributed by atoms with E-state index in [1.807, 2.05) is 24.3 Å². The van der Waals surface area contributed by atoms with Gasteiger partial charge >= 0.3 is 5.97 Å². The number of benzene rings is 1. The molecule has 0 unspecified atom stereocenters. The van der Waals surface area contributed by atoms with E-state index in [4.69, 9.17) is 9.47 Å². The zero-order valence-electron chi connectivity index (χ0n) is 15.1. The Morgan fingerprint density at radius 3 is 2.48 bits per heavy atom. The van der Waals surface area contributed by atoms with Crippen LogP contribution < -0.4 is 10.1 Å². The Labute approximate surface area is 149 Å². The van der Waals surface area contributed by atoms with E-state index in [9.17, 15) is 9.59 Å². The van der Waals surface area contributed by atoms with Crippen LogP contribution >= 0.6 is 0 Å². The van der Waals surface area contributed by atoms with Gasteiger partial charge in [0.1, 0.15) is 5.75 Å². The topological polar surface area (TPSA) is 67.9 Å². The van der Waals surface area contributed by atoms with Gasteiger partial charge in [-0.25, -0.2) is 0 Å². The van der Waals surface area contributed by atoms with Crippen molar-refractivity contribution in [3.05, 3.63) is 29.8 Å². The minimum absolute atomic E-state index is 0.0364. The maximum atomic E-state index is 12.3. The van der Waals surface area contributed by atoms with Crippen molar-refractivity contribution in [2.24, 2.45) is 5.92 Å². The first kappa shape index (κ1) is 19.2. The predicted molar refractivity (Wildman–Crippen MR) is 95.5 cm³/mol. The first-order chi connectivity index (χ1) is 12.1. The average Bonchev–Trinajstić information content (AvgIpc) is 2.63. The van der Waals surface area contributed by atoms with E-state index in [2.05, 4.69) is 10.2 Å². The van der Waals surface area contributed by atoms with E-state index in [1.54, 1.807) is 14.0 Å². The van der Waals surface area contributed by atoms with Crippen LogP contribution in [0.2, 0.25) is 0 Å². The van der Waals surface area contributed by atoms with E-state index >= 15 is 0 Å². The van der Waals surface area contributed by atoms with Crippen molar-refractivity contribution in [2.75, 3.05) is 39.9 Å². The summed E-state index contributed by atoms with van der Waals surface area (Å²) >= 11 is 0. The summed E-state index contributed by atoms with van der Waals surface area (Å²) in [6.07, 6.45) is 2.37. The van der Waals surface area contributed by atoms with Gasteiger partial charge in [0, 0.05) is 12.5 Å². The summed E-state index contributed by atoms with van der Waals surface area (Å²) in [6, 6.07) is 7.88. The number of nitrogens with one attached hydrogen (secondary N) is 1. The zero-order valence-corrected chi connectivity index (χ0v) is 15.1. The van der Waals surface area contributed by atoms with E-state index in [0.29, 0.717) is 19.7 Å². The molecule has 0 spiro atoms. The molecule has 1 saturated heterocycles. The molecule has 2 rings (SSSR count). The minimum atomic E-state index is -0.190. The molecule has 1 aromatic rings. The van der Waals surface area contributed by atoms with Crippen molar-refractivity contribution in [1.82, 2.24) is 10.2 Å². The van der Waals surface area contributed by atoms with Gasteiger partial charge in [0.2, 0.25) is 5.91 Å². The molecule has 138 valence electrons. The lowest BCUT2D eigenvalue weighted by Gasteiger charge is -2.30. The Morgan fingerprint density at radius 2 is 1.88 bits per heavy atom. The first-order valence-corrected chi connectivity index (χ1v) is 8.91. The number of hydrogen-bond acceptors (Lipinski definition) is 5. The summed E-state index contributed by atoms with van der Waals surface area (Å²) in [6.45, 7) is 4.69. The highest BCUT2D eigenvalue weighted by Gasteiger charge is 2.25. The average molecular weight is 348 g/mol. The van der Waals surface area contributed by atoms with Crippen molar-refractivity contribution < 1.29 is 19.1 Å². The SMILES string of the molecule is CCOC(=O)CN1CCC(C(=O)NCCc2ccc(OC)cc2)CC1. The lowest BCUT2D eigenvalue weighted by atomic mass is 9.96. The maximum Gasteiger partial charge on any atom is 0.320 e. The Hall–Kier alpha value is -2.08. The summed E-state index contributed by atoms with van der Waals surface area (Å²) in [7, 11) is 1.65. The molecule has 6 nitrogen and oxygen atoms in total. The number of likely N-dealkylation sites (tertiary alicyclic amines) is 1. The third-order valence-electron chi connectivity index (χ3n) is 4.49. The third kappa shape index (κ3) is 6.38. The van der Waals surface area contributed by atoms with Crippen LogP contribution in [0.25, 0.3) is 0 Å². The van der Waals surface area contributed by atoms with E-state index in [0.717, 1.165) is 38.1 Å². The molecule has 1 aromatic carbocycles. The van der Waals surface area contributed by atoms with Gasteiger partial charge in [0.25, 0.3) is 0 Å². The van der Waals surface area contributed by atoms with E-state index in [-0.39, 0.29) is 17.8 Å². The quantitative estimate of drug-likeness (QED) is 0.723. The minimum Gasteiger partial charge on any atom is -0.497 e. The van der Waals surface area contributed by atoms with Crippen LogP contribution in [-0.2, 0) is 20.7 Å². The zero-order chi connectivity index (χ0) is 18.1. The molecule has 0 aromatic heterocycles. The van der Waals surface area contributed by atoms with Crippen LogP contribution in [0.4, 0.5) is 0 Å². The molecule has 1 aliphatic rings. The maximum absolute atomic E-state index is 12.3. The monoisotopic (exact) mass is 348 g/mol. The molecule has 0 aliphatic carbocycles. The van der Waals surface area contributed by atoms with Crippen molar-refractivity contribution in [2.45, 2.75) is 26.2 Å². The second-order valence-electron chi connectivity index (χ2n) is 6.24. The molecular formula is C19H28N2O4. The largest absolute Gasteiger partial charge is 0.497 e. The number of rotatable bonds is 8. The Balaban J connectivity index is 1.65. The molecule has 1 heterocycles. The van der Waals surface area contributed by atoms with Gasteiger partial charge in [-0.15, -0.1) is 0 Å². The number of piperidine rings is 1. The molecule has 0 atom stereocenters. The van der Waals surface area contributed by atoms with Crippen LogP contribution in [-0.4, -0.2) is 56.7 Å². The molecular weight excluding hydrogens is 320 g/mol. The molecule has 25 heavy (non-hydrogen) atoms. The number of methoxy groups -OCH3 is 1. The normalized spacial score (nSPS) is 15.6. The number of amides is 1. The summed E-state index contributed by atoms with van der Waals surface area (Å²) in [5.74, 6) is 0.797. The van der Waals surface area contributed by atoms with Gasteiger partial charge in [-0.1, -0.05) is 12.1 Å². The van der Waals surface area contributed by atoms with Crippen LogP contribution in [0.15, 0.2) is 24.3 Å². The predicted octanol–water partition coefficient (Wildman–Crippen LogP) is 1.63. The highest BCUT2D eigenvalue weighted by Crippen LogP contribution is 2.17. The van der Waals surface area contributed by atoms with Gasteiger partial charge in [-0.3, -0.25) is 14.5 Å². The van der Waals surface area contributed by atoms with Crippen molar-refractivity contribution in [3.8, 4) is 5.75 Å². The number of nitrogens with zero attached hydrogens (tertiary/aromatic N) is 1. The molecule has 1 aliphatic heterocycles. The van der Waals surface area contributed by atoms with Crippen molar-refractivity contribution in [1.29, 1.82) is 0 Å².